The molecule has 0 aliphatic heterocycles. The molecule has 4 heteroatoms. The zero-order chi connectivity index (χ0) is 13.6. The minimum atomic E-state index is -0.692. The molecule has 0 aromatic rings. The van der Waals surface area contributed by atoms with Crippen LogP contribution < -0.4 is 5.73 Å². The van der Waals surface area contributed by atoms with Gasteiger partial charge in [-0.15, -0.1) is 0 Å². The summed E-state index contributed by atoms with van der Waals surface area (Å²) in [7, 11) is 0. The first-order chi connectivity index (χ1) is 8.43. The number of hydrogen-bond donors (Lipinski definition) is 1. The lowest BCUT2D eigenvalue weighted by atomic mass is 9.76. The molecule has 102 valence electrons. The maximum absolute atomic E-state index is 10.8. The van der Waals surface area contributed by atoms with Crippen molar-refractivity contribution in [3.8, 4) is 6.07 Å². The summed E-state index contributed by atoms with van der Waals surface area (Å²) in [5, 5.41) is 8.58. The average molecular weight is 252 g/mol. The zero-order valence-electron chi connectivity index (χ0n) is 11.4. The maximum Gasteiger partial charge on any atom is 0.405 e. The second kappa shape index (κ2) is 6.63. The molecule has 1 fully saturated rings. The molecule has 4 nitrogen and oxygen atoms in total. The lowest BCUT2D eigenvalue weighted by Crippen LogP contribution is -2.34. The summed E-state index contributed by atoms with van der Waals surface area (Å²) in [4.78, 5) is 10.8. The van der Waals surface area contributed by atoms with Gasteiger partial charge in [0.1, 0.15) is 5.60 Å². The van der Waals surface area contributed by atoms with Crippen LogP contribution in [0, 0.1) is 23.2 Å². The number of hydrogen-bond acceptors (Lipinski definition) is 3. The van der Waals surface area contributed by atoms with Crippen LogP contribution >= 0.6 is 0 Å². The van der Waals surface area contributed by atoms with Gasteiger partial charge >= 0.3 is 6.09 Å². The number of nitrogens with two attached hydrogens (primary N) is 1. The van der Waals surface area contributed by atoms with Gasteiger partial charge in [0.25, 0.3) is 0 Å². The Bertz CT molecular complexity index is 312. The highest BCUT2D eigenvalue weighted by molar-refractivity contribution is 5.65. The van der Waals surface area contributed by atoms with Gasteiger partial charge in [-0.2, -0.15) is 5.26 Å². The van der Waals surface area contributed by atoms with Crippen LogP contribution in [-0.2, 0) is 4.74 Å². The van der Waals surface area contributed by atoms with Crippen molar-refractivity contribution >= 4 is 6.09 Å². The van der Waals surface area contributed by atoms with Crippen LogP contribution in [0.5, 0.6) is 0 Å². The van der Waals surface area contributed by atoms with Crippen molar-refractivity contribution < 1.29 is 9.53 Å². The van der Waals surface area contributed by atoms with E-state index in [0.717, 1.165) is 12.8 Å². The third-order valence-electron chi connectivity index (χ3n) is 3.79. The number of primary amides is 1. The fourth-order valence-corrected chi connectivity index (χ4v) is 3.00. The van der Waals surface area contributed by atoms with Crippen molar-refractivity contribution in [3.05, 3.63) is 0 Å². The molecule has 1 saturated carbocycles. The minimum absolute atomic E-state index is 0.462. The van der Waals surface area contributed by atoms with E-state index in [9.17, 15) is 4.79 Å². The highest BCUT2D eigenvalue weighted by Crippen LogP contribution is 2.36. The van der Waals surface area contributed by atoms with Gasteiger partial charge in [0.2, 0.25) is 0 Å². The van der Waals surface area contributed by atoms with Crippen LogP contribution in [0.2, 0.25) is 0 Å². The lowest BCUT2D eigenvalue weighted by Gasteiger charge is -2.33. The Hall–Kier alpha value is -1.24. The number of nitriles is 1. The number of carbonyl (C=O) groups excluding carboxylic acids is 1. The van der Waals surface area contributed by atoms with Crippen LogP contribution in [0.15, 0.2) is 0 Å². The lowest BCUT2D eigenvalue weighted by molar-refractivity contribution is 0.0196. The van der Waals surface area contributed by atoms with Crippen LogP contribution in [0.25, 0.3) is 0 Å². The molecule has 0 saturated heterocycles. The first-order valence-corrected chi connectivity index (χ1v) is 6.78. The van der Waals surface area contributed by atoms with Crippen molar-refractivity contribution in [1.82, 2.24) is 0 Å². The molecule has 0 bridgehead atoms. The molecular formula is C14H24N2O2. The van der Waals surface area contributed by atoms with Gasteiger partial charge < -0.3 is 10.5 Å². The van der Waals surface area contributed by atoms with E-state index in [0.29, 0.717) is 18.3 Å². The smallest absolute Gasteiger partial charge is 0.405 e. The molecule has 1 aliphatic rings. The fraction of sp³-hybridized carbons (Fsp3) is 0.857. The molecule has 0 unspecified atom stereocenters. The van der Waals surface area contributed by atoms with E-state index >= 15 is 0 Å². The largest absolute Gasteiger partial charge is 0.444 e. The zero-order valence-corrected chi connectivity index (χ0v) is 11.4. The minimum Gasteiger partial charge on any atom is -0.444 e. The molecule has 0 atom stereocenters. The second-order valence-corrected chi connectivity index (χ2v) is 5.97. The van der Waals surface area contributed by atoms with E-state index in [1.54, 1.807) is 0 Å². The standard InChI is InChI=1S/C14H24N2O2/c1-14(2,18-13(16)17)10-12-7-5-11(6-8-12)4-3-9-15/h11-12H,3-8,10H2,1-2H3,(H2,16,17). The number of nitrogens with zero attached hydrogens (tertiary/aromatic N) is 1. The third-order valence-corrected chi connectivity index (χ3v) is 3.79. The molecule has 0 heterocycles. The Morgan fingerprint density at radius 3 is 2.39 bits per heavy atom. The Balaban J connectivity index is 2.31. The summed E-state index contributed by atoms with van der Waals surface area (Å²) in [6.45, 7) is 3.83. The Kier molecular flexibility index (Phi) is 5.46. The van der Waals surface area contributed by atoms with Gasteiger partial charge in [0, 0.05) is 6.42 Å². The van der Waals surface area contributed by atoms with Gasteiger partial charge in [-0.1, -0.05) is 25.7 Å². The van der Waals surface area contributed by atoms with Crippen LogP contribution in [0.1, 0.15) is 58.8 Å². The second-order valence-electron chi connectivity index (χ2n) is 5.97. The van der Waals surface area contributed by atoms with Crippen LogP contribution in [-0.4, -0.2) is 11.7 Å². The van der Waals surface area contributed by atoms with Crippen molar-refractivity contribution in [3.63, 3.8) is 0 Å². The summed E-state index contributed by atoms with van der Waals surface area (Å²) < 4.78 is 5.13. The van der Waals surface area contributed by atoms with Crippen molar-refractivity contribution in [1.29, 1.82) is 5.26 Å². The normalized spacial score (nSPS) is 24.3. The molecule has 0 radical (unpaired) electrons. The van der Waals surface area contributed by atoms with Crippen LogP contribution in [0.4, 0.5) is 4.79 Å². The summed E-state index contributed by atoms with van der Waals surface area (Å²) in [5.41, 5.74) is 4.61. The summed E-state index contributed by atoms with van der Waals surface area (Å²) in [6.07, 6.45) is 6.61. The number of carbonyl (C=O) groups is 1. The van der Waals surface area contributed by atoms with Gasteiger partial charge in [0.05, 0.1) is 6.07 Å². The molecule has 1 aliphatic carbocycles. The predicted molar refractivity (Wildman–Crippen MR) is 69.7 cm³/mol. The maximum atomic E-state index is 10.8. The molecule has 1 amide bonds. The number of amides is 1. The van der Waals surface area contributed by atoms with E-state index in [1.165, 1.54) is 25.7 Å². The van der Waals surface area contributed by atoms with E-state index in [-0.39, 0.29) is 0 Å². The third kappa shape index (κ3) is 5.39. The number of ether oxygens (including phenoxy) is 1. The van der Waals surface area contributed by atoms with Crippen molar-refractivity contribution in [2.24, 2.45) is 17.6 Å². The fourth-order valence-electron chi connectivity index (χ4n) is 3.00. The topological polar surface area (TPSA) is 76.1 Å². The molecular weight excluding hydrogens is 228 g/mol. The van der Waals surface area contributed by atoms with E-state index in [1.807, 2.05) is 13.8 Å². The predicted octanol–water partition coefficient (Wildman–Crippen LogP) is 3.36. The van der Waals surface area contributed by atoms with Crippen LogP contribution in [0.3, 0.4) is 0 Å². The quantitative estimate of drug-likeness (QED) is 0.815. The van der Waals surface area contributed by atoms with Gasteiger partial charge in [-0.25, -0.2) is 4.79 Å². The summed E-state index contributed by atoms with van der Waals surface area (Å²) in [5.74, 6) is 1.32. The highest BCUT2D eigenvalue weighted by atomic mass is 16.6. The van der Waals surface area contributed by atoms with Crippen molar-refractivity contribution in [2.45, 2.75) is 64.4 Å². The molecule has 0 spiro atoms. The monoisotopic (exact) mass is 252 g/mol. The Labute approximate surface area is 109 Å². The van der Waals surface area contributed by atoms with Gasteiger partial charge in [-0.3, -0.25) is 0 Å². The van der Waals surface area contributed by atoms with Gasteiger partial charge in [-0.05, 0) is 38.5 Å². The van der Waals surface area contributed by atoms with Gasteiger partial charge in [0.15, 0.2) is 0 Å². The summed E-state index contributed by atoms with van der Waals surface area (Å²) in [6, 6.07) is 2.21. The molecule has 0 aromatic carbocycles. The Morgan fingerprint density at radius 2 is 1.89 bits per heavy atom. The van der Waals surface area contributed by atoms with Crippen molar-refractivity contribution in [2.75, 3.05) is 0 Å². The Morgan fingerprint density at radius 1 is 1.33 bits per heavy atom. The van der Waals surface area contributed by atoms with E-state index in [4.69, 9.17) is 15.7 Å². The summed E-state index contributed by atoms with van der Waals surface area (Å²) >= 11 is 0. The molecule has 2 N–H and O–H groups in total. The molecule has 1 rings (SSSR count). The SMILES string of the molecule is CC(C)(CC1CCC(CCC#N)CC1)OC(N)=O. The average Bonchev–Trinajstić information content (AvgIpc) is 2.26. The molecule has 18 heavy (non-hydrogen) atoms. The van der Waals surface area contributed by atoms with E-state index in [2.05, 4.69) is 6.07 Å². The highest BCUT2D eigenvalue weighted by Gasteiger charge is 2.29. The number of rotatable bonds is 5. The first kappa shape index (κ1) is 14.8. The first-order valence-electron chi connectivity index (χ1n) is 6.78. The molecule has 0 aromatic heterocycles. The van der Waals surface area contributed by atoms with E-state index < -0.39 is 11.7 Å².